The number of fused-ring (bicyclic) bond motifs is 5. The number of likely N-dealkylation sites (N-methyl/N-ethyl adjacent to an activating group) is 1. The molecule has 4 aliphatic carbocycles. The molecule has 5 fully saturated rings. The lowest BCUT2D eigenvalue weighted by Gasteiger charge is -2.64. The van der Waals surface area contributed by atoms with Crippen molar-refractivity contribution in [1.29, 1.82) is 0 Å². The van der Waals surface area contributed by atoms with Crippen LogP contribution in [0, 0.1) is 28.6 Å². The quantitative estimate of drug-likeness (QED) is 0.595. The first-order valence-corrected chi connectivity index (χ1v) is 15.0. The van der Waals surface area contributed by atoms with Crippen LogP contribution in [0.25, 0.3) is 0 Å². The molecule has 0 bridgehead atoms. The van der Waals surface area contributed by atoms with Crippen molar-refractivity contribution in [2.45, 2.75) is 95.8 Å². The number of hydrogen-bond donors (Lipinski definition) is 1. The van der Waals surface area contributed by atoms with Crippen LogP contribution < -0.4 is 5.63 Å². The van der Waals surface area contributed by atoms with Gasteiger partial charge in [-0.2, -0.15) is 0 Å². The molecule has 9 unspecified atom stereocenters. The molecule has 9 atom stereocenters. The maximum Gasteiger partial charge on any atom is 0.335 e. The van der Waals surface area contributed by atoms with Crippen LogP contribution in [0.5, 0.6) is 0 Å². The maximum absolute atomic E-state index is 12.7. The Morgan fingerprint density at radius 1 is 1.05 bits per heavy atom. The van der Waals surface area contributed by atoms with Gasteiger partial charge in [0.15, 0.2) is 0 Å². The molecule has 38 heavy (non-hydrogen) atoms. The summed E-state index contributed by atoms with van der Waals surface area (Å²) in [5.74, 6) is 0.873. The predicted octanol–water partition coefficient (Wildman–Crippen LogP) is 4.04. The fourth-order valence-electron chi connectivity index (χ4n) is 10.2. The molecule has 0 spiro atoms. The maximum atomic E-state index is 12.7. The summed E-state index contributed by atoms with van der Waals surface area (Å²) in [5, 5.41) is 12.7. The second kappa shape index (κ2) is 9.45. The van der Waals surface area contributed by atoms with E-state index in [9.17, 15) is 14.7 Å². The molecule has 1 aromatic heterocycles. The number of carbonyl (C=O) groups is 1. The first-order valence-electron chi connectivity index (χ1n) is 15.0. The van der Waals surface area contributed by atoms with Crippen molar-refractivity contribution in [3.8, 4) is 0 Å². The summed E-state index contributed by atoms with van der Waals surface area (Å²) >= 11 is 0. The third-order valence-electron chi connectivity index (χ3n) is 12.3. The largest absolute Gasteiger partial charge is 0.462 e. The summed E-state index contributed by atoms with van der Waals surface area (Å²) < 4.78 is 11.2. The molecule has 2 heterocycles. The minimum absolute atomic E-state index is 0.194. The van der Waals surface area contributed by atoms with Crippen LogP contribution in [0.1, 0.15) is 83.6 Å². The van der Waals surface area contributed by atoms with Crippen molar-refractivity contribution in [3.05, 3.63) is 34.4 Å². The highest BCUT2D eigenvalue weighted by Crippen LogP contribution is 2.71. The molecule has 1 aromatic rings. The zero-order valence-corrected chi connectivity index (χ0v) is 23.7. The molecule has 7 nitrogen and oxygen atoms in total. The normalized spacial score (nSPS) is 45.6. The zero-order valence-electron chi connectivity index (χ0n) is 23.7. The molecule has 1 N–H and O–H groups in total. The number of piperazine rings is 1. The molecule has 4 saturated carbocycles. The van der Waals surface area contributed by atoms with Crippen molar-refractivity contribution in [3.63, 3.8) is 0 Å². The van der Waals surface area contributed by atoms with Crippen LogP contribution in [0.15, 0.2) is 27.6 Å². The van der Waals surface area contributed by atoms with E-state index in [2.05, 4.69) is 30.7 Å². The molecule has 1 saturated heterocycles. The van der Waals surface area contributed by atoms with E-state index in [1.807, 2.05) is 0 Å². The van der Waals surface area contributed by atoms with E-state index in [1.54, 1.807) is 6.07 Å². The smallest absolute Gasteiger partial charge is 0.335 e. The molecule has 5 aliphatic rings. The van der Waals surface area contributed by atoms with E-state index in [0.717, 1.165) is 24.8 Å². The van der Waals surface area contributed by atoms with Crippen LogP contribution in [0.4, 0.5) is 0 Å². The third kappa shape index (κ3) is 4.02. The molecular weight excluding hydrogens is 480 g/mol. The second-order valence-corrected chi connectivity index (χ2v) is 13.9. The summed E-state index contributed by atoms with van der Waals surface area (Å²) in [5.41, 5.74) is -0.663. The van der Waals surface area contributed by atoms with Gasteiger partial charge in [-0.3, -0.25) is 9.69 Å². The van der Waals surface area contributed by atoms with Gasteiger partial charge in [-0.05, 0) is 86.8 Å². The molecule has 0 radical (unpaired) electrons. The van der Waals surface area contributed by atoms with Crippen LogP contribution >= 0.6 is 0 Å². The Balaban J connectivity index is 1.27. The van der Waals surface area contributed by atoms with Gasteiger partial charge in [0.05, 0.1) is 11.9 Å². The number of aliphatic hydroxyl groups is 1. The highest BCUT2D eigenvalue weighted by molar-refractivity contribution is 5.66. The van der Waals surface area contributed by atoms with Gasteiger partial charge in [0.25, 0.3) is 0 Å². The Morgan fingerprint density at radius 2 is 1.82 bits per heavy atom. The van der Waals surface area contributed by atoms with E-state index < -0.39 is 22.7 Å². The van der Waals surface area contributed by atoms with Crippen molar-refractivity contribution in [2.24, 2.45) is 28.6 Å². The van der Waals surface area contributed by atoms with Crippen molar-refractivity contribution in [2.75, 3.05) is 33.2 Å². The lowest BCUT2D eigenvalue weighted by Crippen LogP contribution is -2.62. The van der Waals surface area contributed by atoms with E-state index in [-0.39, 0.29) is 23.2 Å². The average Bonchev–Trinajstić information content (AvgIpc) is 3.10. The predicted molar refractivity (Wildman–Crippen MR) is 145 cm³/mol. The summed E-state index contributed by atoms with van der Waals surface area (Å²) in [6, 6.07) is 3.94. The molecule has 7 heteroatoms. The van der Waals surface area contributed by atoms with Crippen LogP contribution in [0.3, 0.4) is 0 Å². The molecule has 0 aromatic carbocycles. The summed E-state index contributed by atoms with van der Waals surface area (Å²) in [6.45, 7) is 10.9. The van der Waals surface area contributed by atoms with Crippen molar-refractivity contribution in [1.82, 2.24) is 9.80 Å². The second-order valence-electron chi connectivity index (χ2n) is 13.9. The monoisotopic (exact) mass is 526 g/mol. The summed E-state index contributed by atoms with van der Waals surface area (Å²) in [4.78, 5) is 29.1. The Morgan fingerprint density at radius 3 is 2.50 bits per heavy atom. The standard InChI is InChI=1S/C31H46N2O5/c1-20(34)38-26-18-31(36)25-7-6-22-17-23(33-15-13-32(4)14-16-33)9-11-29(22,2)24(25)10-12-30(31,3)28(26)21-5-8-27(35)37-19-21/h5,8,19,22-26,28,36H,6-7,9-18H2,1-4H3. The van der Waals surface area contributed by atoms with Crippen LogP contribution in [0.2, 0.25) is 0 Å². The average molecular weight is 527 g/mol. The zero-order chi connectivity index (χ0) is 26.9. The fraction of sp³-hybridized carbons (Fsp3) is 0.806. The highest BCUT2D eigenvalue weighted by atomic mass is 16.5. The van der Waals surface area contributed by atoms with Gasteiger partial charge in [-0.15, -0.1) is 0 Å². The van der Waals surface area contributed by atoms with Crippen LogP contribution in [-0.4, -0.2) is 71.8 Å². The lowest BCUT2D eigenvalue weighted by atomic mass is 9.43. The van der Waals surface area contributed by atoms with E-state index in [0.29, 0.717) is 24.3 Å². The Hall–Kier alpha value is -1.70. The van der Waals surface area contributed by atoms with E-state index in [1.165, 1.54) is 71.1 Å². The third-order valence-corrected chi connectivity index (χ3v) is 12.3. The van der Waals surface area contributed by atoms with Gasteiger partial charge in [-0.1, -0.05) is 13.8 Å². The summed E-state index contributed by atoms with van der Waals surface area (Å²) in [6.07, 6.45) is 9.53. The SMILES string of the molecule is CC(=O)OC1CC2(O)C3CCC4CC(N5CCN(C)CC5)CCC4(C)C3CCC2(C)C1c1ccc(=O)oc1. The van der Waals surface area contributed by atoms with Crippen LogP contribution in [-0.2, 0) is 9.53 Å². The molecule has 0 amide bonds. The summed E-state index contributed by atoms with van der Waals surface area (Å²) in [7, 11) is 2.23. The molecular formula is C31H46N2O5. The first-order chi connectivity index (χ1) is 18.0. The molecule has 1 aliphatic heterocycles. The number of carbonyl (C=O) groups excluding carboxylic acids is 1. The first kappa shape index (κ1) is 26.5. The van der Waals surface area contributed by atoms with Gasteiger partial charge in [0.2, 0.25) is 0 Å². The Kier molecular flexibility index (Phi) is 6.59. The molecule has 210 valence electrons. The number of ether oxygens (including phenoxy) is 1. The van der Waals surface area contributed by atoms with Gasteiger partial charge in [-0.25, -0.2) is 4.79 Å². The number of hydrogen-bond acceptors (Lipinski definition) is 7. The van der Waals surface area contributed by atoms with Gasteiger partial charge >= 0.3 is 11.6 Å². The number of rotatable bonds is 3. The number of esters is 1. The topological polar surface area (TPSA) is 83.2 Å². The van der Waals surface area contributed by atoms with Gasteiger partial charge < -0.3 is 19.2 Å². The van der Waals surface area contributed by atoms with Gasteiger partial charge in [0.1, 0.15) is 6.10 Å². The van der Waals surface area contributed by atoms with Crippen molar-refractivity contribution >= 4 is 5.97 Å². The fourth-order valence-corrected chi connectivity index (χ4v) is 10.2. The minimum atomic E-state index is -0.918. The Bertz CT molecular complexity index is 1090. The van der Waals surface area contributed by atoms with Crippen molar-refractivity contribution < 1.29 is 19.1 Å². The Labute approximate surface area is 226 Å². The lowest BCUT2D eigenvalue weighted by molar-refractivity contribution is -0.204. The van der Waals surface area contributed by atoms with Gasteiger partial charge in [0, 0.05) is 63.0 Å². The highest BCUT2D eigenvalue weighted by Gasteiger charge is 2.70. The minimum Gasteiger partial charge on any atom is -0.462 e. The van der Waals surface area contributed by atoms with E-state index in [4.69, 9.17) is 9.15 Å². The number of nitrogens with zero attached hydrogens (tertiary/aromatic N) is 2. The molecule has 6 rings (SSSR count). The van der Waals surface area contributed by atoms with E-state index >= 15 is 0 Å².